The fraction of sp³-hybridized carbons (Fsp3) is 0. The molecule has 0 aromatic heterocycles. The lowest BCUT2D eigenvalue weighted by atomic mass is 10.3. The predicted octanol–water partition coefficient (Wildman–Crippen LogP) is 2.88. The van der Waals surface area contributed by atoms with Gasteiger partial charge in [-0.1, -0.05) is 0 Å². The number of halogens is 4. The Labute approximate surface area is 81.5 Å². The maximum atomic E-state index is 9.75. The van der Waals surface area contributed by atoms with Gasteiger partial charge in [0.15, 0.2) is 16.5 Å². The zero-order chi connectivity index (χ0) is 12.1. The van der Waals surface area contributed by atoms with Gasteiger partial charge >= 0.3 is 12.9 Å². The molecule has 0 aliphatic carbocycles. The highest BCUT2D eigenvalue weighted by Gasteiger charge is 2.20. The highest BCUT2D eigenvalue weighted by molar-refractivity contribution is 6.50. The third-order valence-corrected chi connectivity index (χ3v) is 1.07. The zero-order valence-corrected chi connectivity index (χ0v) is 7.11. The summed E-state index contributed by atoms with van der Waals surface area (Å²) in [7, 11) is -6.00. The van der Waals surface area contributed by atoms with Crippen molar-refractivity contribution < 1.29 is 27.5 Å². The summed E-state index contributed by atoms with van der Waals surface area (Å²) in [4.78, 5) is 2.80. The fourth-order valence-corrected chi connectivity index (χ4v) is 0.574. The topological polar surface area (TPSA) is 68.6 Å². The number of nitrogens with zero attached hydrogens (tertiary/aromatic N) is 2. The van der Waals surface area contributed by atoms with Gasteiger partial charge in [-0.3, -0.25) is 0 Å². The molecule has 1 aromatic rings. The standard InChI is InChI=1S/C6H4N2O2.BF4/c7-8-4-1-2-5(9)6(10)3-4;2-1(3,4)5/h1-3,7H;/q;-1/p+1. The average Bonchev–Trinajstić information content (AvgIpc) is 2.07. The van der Waals surface area contributed by atoms with Gasteiger partial charge in [-0.05, 0) is 6.07 Å². The second kappa shape index (κ2) is 5.04. The van der Waals surface area contributed by atoms with Crippen molar-refractivity contribution in [3.8, 4) is 11.5 Å². The zero-order valence-electron chi connectivity index (χ0n) is 7.11. The van der Waals surface area contributed by atoms with Gasteiger partial charge in [-0.2, -0.15) is 0 Å². The molecule has 0 saturated heterocycles. The minimum absolute atomic E-state index is 0.204. The Bertz CT molecular complexity index is 370. The summed E-state index contributed by atoms with van der Waals surface area (Å²) in [6.07, 6.45) is 0. The lowest BCUT2D eigenvalue weighted by molar-refractivity contribution is 0.368. The predicted molar refractivity (Wildman–Crippen MR) is 44.7 cm³/mol. The maximum Gasteiger partial charge on any atom is 0.673 e. The number of benzene rings is 1. The van der Waals surface area contributed by atoms with Crippen LogP contribution in [-0.4, -0.2) is 17.5 Å². The SMILES string of the molecule is F[B-](F)(F)F.N#[N+]c1ccc(O)c(O)c1. The third kappa shape index (κ3) is 7.12. The summed E-state index contributed by atoms with van der Waals surface area (Å²) in [6.45, 7) is 0. The van der Waals surface area contributed by atoms with E-state index in [4.69, 9.17) is 15.6 Å². The molecule has 0 bridgehead atoms. The van der Waals surface area contributed by atoms with Gasteiger partial charge in [0.25, 0.3) is 0 Å². The summed E-state index contributed by atoms with van der Waals surface area (Å²) in [5, 5.41) is 25.8. The summed E-state index contributed by atoms with van der Waals surface area (Å²) in [5.41, 5.74) is 0.204. The highest BCUT2D eigenvalue weighted by Crippen LogP contribution is 2.28. The Morgan fingerprint density at radius 2 is 1.53 bits per heavy atom. The molecular weight excluding hydrogens is 219 g/mol. The van der Waals surface area contributed by atoms with E-state index in [1.165, 1.54) is 12.1 Å². The van der Waals surface area contributed by atoms with Crippen LogP contribution in [0.3, 0.4) is 0 Å². The number of phenols is 2. The first kappa shape index (κ1) is 13.0. The van der Waals surface area contributed by atoms with Crippen molar-refractivity contribution in [3.63, 3.8) is 0 Å². The smallest absolute Gasteiger partial charge is 0.504 e. The van der Waals surface area contributed by atoms with Crippen LogP contribution in [0.4, 0.5) is 23.0 Å². The van der Waals surface area contributed by atoms with E-state index >= 15 is 0 Å². The van der Waals surface area contributed by atoms with Gasteiger partial charge < -0.3 is 27.5 Å². The quantitative estimate of drug-likeness (QED) is 0.308. The molecule has 0 atom stereocenters. The van der Waals surface area contributed by atoms with Crippen LogP contribution in [0.15, 0.2) is 18.2 Å². The number of diazo groups is 1. The van der Waals surface area contributed by atoms with Crippen molar-refractivity contribution in [1.29, 1.82) is 5.39 Å². The van der Waals surface area contributed by atoms with Crippen LogP contribution >= 0.6 is 0 Å². The highest BCUT2D eigenvalue weighted by atomic mass is 19.5. The monoisotopic (exact) mass is 224 g/mol. The summed E-state index contributed by atoms with van der Waals surface area (Å²) in [5.74, 6) is -0.525. The molecule has 0 radical (unpaired) electrons. The minimum atomic E-state index is -6.00. The Morgan fingerprint density at radius 3 is 1.87 bits per heavy atom. The van der Waals surface area contributed by atoms with Crippen molar-refractivity contribution in [1.82, 2.24) is 0 Å². The molecule has 0 spiro atoms. The van der Waals surface area contributed by atoms with Gasteiger partial charge in [-0.15, -0.1) is 0 Å². The van der Waals surface area contributed by atoms with Gasteiger partial charge in [0.1, 0.15) is 0 Å². The van der Waals surface area contributed by atoms with E-state index in [0.29, 0.717) is 0 Å². The number of aromatic hydroxyl groups is 2. The maximum absolute atomic E-state index is 9.75. The molecule has 0 fully saturated rings. The average molecular weight is 224 g/mol. The van der Waals surface area contributed by atoms with E-state index < -0.39 is 7.25 Å². The van der Waals surface area contributed by atoms with Crippen molar-refractivity contribution in [3.05, 3.63) is 23.2 Å². The van der Waals surface area contributed by atoms with Crippen LogP contribution in [-0.2, 0) is 0 Å². The molecule has 0 amide bonds. The molecule has 0 heterocycles. The molecule has 0 unspecified atom stereocenters. The first-order valence-electron chi connectivity index (χ1n) is 3.48. The molecule has 1 rings (SSSR count). The molecule has 15 heavy (non-hydrogen) atoms. The normalized spacial score (nSPS) is 9.80. The van der Waals surface area contributed by atoms with Gasteiger partial charge in [-0.25, -0.2) is 0 Å². The van der Waals surface area contributed by atoms with Crippen molar-refractivity contribution in [2.45, 2.75) is 0 Å². The van der Waals surface area contributed by atoms with Crippen LogP contribution in [0.25, 0.3) is 4.98 Å². The van der Waals surface area contributed by atoms with Gasteiger partial charge in [0, 0.05) is 6.07 Å². The second-order valence-electron chi connectivity index (χ2n) is 2.27. The Kier molecular flexibility index (Phi) is 4.38. The lowest BCUT2D eigenvalue weighted by Gasteiger charge is -1.94. The van der Waals surface area contributed by atoms with E-state index in [1.54, 1.807) is 0 Å². The molecule has 0 aliphatic heterocycles. The first-order valence-corrected chi connectivity index (χ1v) is 3.48. The molecule has 0 aliphatic rings. The molecule has 9 heteroatoms. The molecule has 82 valence electrons. The number of rotatable bonds is 0. The van der Waals surface area contributed by atoms with Crippen molar-refractivity contribution in [2.75, 3.05) is 0 Å². The number of hydrogen-bond donors (Lipinski definition) is 2. The summed E-state index contributed by atoms with van der Waals surface area (Å²) < 4.78 is 39.0. The summed E-state index contributed by atoms with van der Waals surface area (Å²) >= 11 is 0. The lowest BCUT2D eigenvalue weighted by Crippen LogP contribution is -2.02. The van der Waals surface area contributed by atoms with Crippen LogP contribution in [0.2, 0.25) is 0 Å². The molecule has 1 aromatic carbocycles. The van der Waals surface area contributed by atoms with E-state index in [9.17, 15) is 17.3 Å². The number of hydrogen-bond acceptors (Lipinski definition) is 3. The Balaban J connectivity index is 0.000000336. The largest absolute Gasteiger partial charge is 0.673 e. The minimum Gasteiger partial charge on any atom is -0.504 e. The third-order valence-electron chi connectivity index (χ3n) is 1.07. The van der Waals surface area contributed by atoms with Crippen molar-refractivity contribution >= 4 is 12.9 Å². The van der Waals surface area contributed by atoms with E-state index in [0.717, 1.165) is 6.07 Å². The van der Waals surface area contributed by atoms with E-state index in [2.05, 4.69) is 4.98 Å². The molecule has 0 saturated carbocycles. The second-order valence-corrected chi connectivity index (χ2v) is 2.27. The van der Waals surface area contributed by atoms with Crippen LogP contribution in [0, 0.1) is 5.39 Å². The molecule has 4 nitrogen and oxygen atoms in total. The van der Waals surface area contributed by atoms with Crippen LogP contribution in [0.5, 0.6) is 11.5 Å². The van der Waals surface area contributed by atoms with Crippen LogP contribution < -0.4 is 0 Å². The van der Waals surface area contributed by atoms with E-state index in [1.807, 2.05) is 0 Å². The van der Waals surface area contributed by atoms with Crippen molar-refractivity contribution in [2.24, 2.45) is 0 Å². The summed E-state index contributed by atoms with van der Waals surface area (Å²) in [6, 6.07) is 3.76. The first-order chi connectivity index (χ1) is 6.74. The van der Waals surface area contributed by atoms with Gasteiger partial charge in [0.2, 0.25) is 5.39 Å². The molecular formula is C6H5BF4N2O2. The molecule has 2 N–H and O–H groups in total. The number of phenolic OH excluding ortho intramolecular Hbond substituents is 2. The fourth-order valence-electron chi connectivity index (χ4n) is 0.574. The Hall–Kier alpha value is -1.98. The van der Waals surface area contributed by atoms with Crippen LogP contribution in [0.1, 0.15) is 0 Å². The Morgan fingerprint density at radius 1 is 1.07 bits per heavy atom. The van der Waals surface area contributed by atoms with E-state index in [-0.39, 0.29) is 17.2 Å². The van der Waals surface area contributed by atoms with Gasteiger partial charge in [0.05, 0.1) is 6.07 Å².